The average molecular weight is 353 g/mol. The van der Waals surface area contributed by atoms with Crippen LogP contribution in [-0.2, 0) is 11.3 Å². The van der Waals surface area contributed by atoms with Crippen molar-refractivity contribution >= 4 is 32.9 Å². The molecule has 0 fully saturated rings. The van der Waals surface area contributed by atoms with Crippen molar-refractivity contribution in [2.45, 2.75) is 26.8 Å². The number of halogens is 1. The molecule has 2 heterocycles. The van der Waals surface area contributed by atoms with Crippen molar-refractivity contribution in [3.8, 4) is 0 Å². The van der Waals surface area contributed by atoms with Gasteiger partial charge in [-0.2, -0.15) is 0 Å². The molecule has 21 heavy (non-hydrogen) atoms. The van der Waals surface area contributed by atoms with Gasteiger partial charge in [-0.1, -0.05) is 15.9 Å². The Morgan fingerprint density at radius 1 is 1.43 bits per heavy atom. The van der Waals surface area contributed by atoms with Gasteiger partial charge in [-0.15, -0.1) is 0 Å². The fourth-order valence-electron chi connectivity index (χ4n) is 2.04. The zero-order valence-corrected chi connectivity index (χ0v) is 13.6. The summed E-state index contributed by atoms with van der Waals surface area (Å²) >= 11 is 3.27. The van der Waals surface area contributed by atoms with Crippen LogP contribution < -0.4 is 5.43 Å². The number of rotatable bonds is 5. The maximum atomic E-state index is 12.4. The number of alkyl halides is 1. The van der Waals surface area contributed by atoms with Gasteiger partial charge in [0.1, 0.15) is 11.2 Å². The van der Waals surface area contributed by atoms with Gasteiger partial charge in [0, 0.05) is 23.8 Å². The van der Waals surface area contributed by atoms with Gasteiger partial charge in [0.2, 0.25) is 5.43 Å². The van der Waals surface area contributed by atoms with E-state index in [4.69, 9.17) is 4.74 Å². The lowest BCUT2D eigenvalue weighted by molar-refractivity contribution is 0.0504. The van der Waals surface area contributed by atoms with Crippen LogP contribution in [-0.4, -0.2) is 27.5 Å². The predicted octanol–water partition coefficient (Wildman–Crippen LogP) is 2.67. The van der Waals surface area contributed by atoms with Crippen LogP contribution in [0.2, 0.25) is 0 Å². The van der Waals surface area contributed by atoms with Crippen molar-refractivity contribution in [2.75, 3.05) is 11.9 Å². The number of hydrogen-bond acceptors (Lipinski definition) is 4. The van der Waals surface area contributed by atoms with E-state index in [1.165, 1.54) is 6.20 Å². The molecule has 0 radical (unpaired) electrons. The van der Waals surface area contributed by atoms with E-state index in [1.807, 2.05) is 13.8 Å². The van der Waals surface area contributed by atoms with Crippen LogP contribution in [0.25, 0.3) is 11.0 Å². The van der Waals surface area contributed by atoms with Crippen LogP contribution in [0.4, 0.5) is 0 Å². The molecule has 112 valence electrons. The minimum Gasteiger partial charge on any atom is -0.462 e. The number of pyridine rings is 2. The third-order valence-electron chi connectivity index (χ3n) is 3.13. The quantitative estimate of drug-likeness (QED) is 0.471. The van der Waals surface area contributed by atoms with Crippen LogP contribution in [0, 0.1) is 6.92 Å². The highest BCUT2D eigenvalue weighted by Gasteiger charge is 2.17. The van der Waals surface area contributed by atoms with Crippen molar-refractivity contribution in [1.82, 2.24) is 9.55 Å². The minimum absolute atomic E-state index is 0.0598. The standard InChI is InChI=1S/C15H17BrN2O3/c1-3-18-9-12(15(20)21-8-4-7-16)13(19)11-6-5-10(2)17-14(11)18/h5-6,9H,3-4,7-8H2,1-2H3. The number of ether oxygens (including phenoxy) is 1. The van der Waals surface area contributed by atoms with E-state index >= 15 is 0 Å². The second-order valence-corrected chi connectivity index (χ2v) is 5.45. The van der Waals surface area contributed by atoms with Gasteiger partial charge in [0.25, 0.3) is 0 Å². The summed E-state index contributed by atoms with van der Waals surface area (Å²) in [4.78, 5) is 28.9. The van der Waals surface area contributed by atoms with Crippen molar-refractivity contribution in [3.05, 3.63) is 39.8 Å². The molecule has 5 nitrogen and oxygen atoms in total. The molecule has 0 aliphatic carbocycles. The van der Waals surface area contributed by atoms with Crippen LogP contribution in [0.1, 0.15) is 29.4 Å². The third kappa shape index (κ3) is 3.32. The van der Waals surface area contributed by atoms with Crippen molar-refractivity contribution in [3.63, 3.8) is 0 Å². The van der Waals surface area contributed by atoms with E-state index in [1.54, 1.807) is 16.7 Å². The molecule has 0 unspecified atom stereocenters. The fourth-order valence-corrected chi connectivity index (χ4v) is 2.27. The van der Waals surface area contributed by atoms with E-state index in [2.05, 4.69) is 20.9 Å². The summed E-state index contributed by atoms with van der Waals surface area (Å²) in [6.07, 6.45) is 2.25. The van der Waals surface area contributed by atoms with E-state index in [0.717, 1.165) is 11.0 Å². The zero-order valence-electron chi connectivity index (χ0n) is 12.1. The molecule has 0 amide bonds. The summed E-state index contributed by atoms with van der Waals surface area (Å²) in [5.74, 6) is -0.578. The molecule has 0 saturated heterocycles. The maximum absolute atomic E-state index is 12.4. The second-order valence-electron chi connectivity index (χ2n) is 4.66. The van der Waals surface area contributed by atoms with E-state index in [9.17, 15) is 9.59 Å². The Bertz CT molecular complexity index is 725. The number of fused-ring (bicyclic) bond motifs is 1. The number of hydrogen-bond donors (Lipinski definition) is 0. The summed E-state index contributed by atoms with van der Waals surface area (Å²) in [7, 11) is 0. The molecule has 0 atom stereocenters. The number of carbonyl (C=O) groups is 1. The van der Waals surface area contributed by atoms with Crippen LogP contribution in [0.3, 0.4) is 0 Å². The van der Waals surface area contributed by atoms with Crippen LogP contribution >= 0.6 is 15.9 Å². The molecule has 0 aliphatic heterocycles. The van der Waals surface area contributed by atoms with Crippen molar-refractivity contribution in [2.24, 2.45) is 0 Å². The molecule has 2 rings (SSSR count). The average Bonchev–Trinajstić information content (AvgIpc) is 2.47. The van der Waals surface area contributed by atoms with Crippen molar-refractivity contribution < 1.29 is 9.53 Å². The first-order valence-corrected chi connectivity index (χ1v) is 7.94. The normalized spacial score (nSPS) is 10.8. The molecule has 0 saturated carbocycles. The number of carbonyl (C=O) groups excluding carboxylic acids is 1. The Morgan fingerprint density at radius 2 is 2.19 bits per heavy atom. The van der Waals surface area contributed by atoms with E-state index < -0.39 is 5.97 Å². The highest BCUT2D eigenvalue weighted by atomic mass is 79.9. The van der Waals surface area contributed by atoms with Crippen LogP contribution in [0.15, 0.2) is 23.1 Å². The first kappa shape index (κ1) is 15.7. The van der Waals surface area contributed by atoms with Crippen molar-refractivity contribution in [1.29, 1.82) is 0 Å². The van der Waals surface area contributed by atoms with E-state index in [-0.39, 0.29) is 11.0 Å². The number of nitrogens with zero attached hydrogens (tertiary/aromatic N) is 2. The molecule has 2 aromatic heterocycles. The molecular weight excluding hydrogens is 336 g/mol. The Labute approximate surface area is 131 Å². The van der Waals surface area contributed by atoms with Gasteiger partial charge in [-0.05, 0) is 32.4 Å². The summed E-state index contributed by atoms with van der Waals surface area (Å²) in [5.41, 5.74) is 1.16. The third-order valence-corrected chi connectivity index (χ3v) is 3.69. The number of aryl methyl sites for hydroxylation is 2. The predicted molar refractivity (Wildman–Crippen MR) is 85.1 cm³/mol. The molecule has 0 N–H and O–H groups in total. The van der Waals surface area contributed by atoms with Gasteiger partial charge < -0.3 is 9.30 Å². The maximum Gasteiger partial charge on any atom is 0.343 e. The fraction of sp³-hybridized carbons (Fsp3) is 0.400. The summed E-state index contributed by atoms with van der Waals surface area (Å²) < 4.78 is 6.92. The summed E-state index contributed by atoms with van der Waals surface area (Å²) in [6.45, 7) is 4.72. The highest BCUT2D eigenvalue weighted by Crippen LogP contribution is 2.11. The number of esters is 1. The Morgan fingerprint density at radius 3 is 2.86 bits per heavy atom. The second kappa shape index (κ2) is 6.85. The first-order valence-electron chi connectivity index (χ1n) is 6.82. The minimum atomic E-state index is -0.578. The van der Waals surface area contributed by atoms with E-state index in [0.29, 0.717) is 30.6 Å². The lowest BCUT2D eigenvalue weighted by Gasteiger charge is -2.11. The molecule has 0 spiro atoms. The van der Waals surface area contributed by atoms with Gasteiger partial charge in [-0.25, -0.2) is 9.78 Å². The Hall–Kier alpha value is -1.69. The summed E-state index contributed by atoms with van der Waals surface area (Å²) in [5, 5.41) is 1.19. The van der Waals surface area contributed by atoms with Crippen LogP contribution in [0.5, 0.6) is 0 Å². The number of aromatic nitrogens is 2. The largest absolute Gasteiger partial charge is 0.462 e. The molecule has 6 heteroatoms. The molecule has 0 bridgehead atoms. The zero-order chi connectivity index (χ0) is 15.4. The Balaban J connectivity index is 2.50. The molecule has 0 aromatic carbocycles. The lowest BCUT2D eigenvalue weighted by Crippen LogP contribution is -2.21. The van der Waals surface area contributed by atoms with Gasteiger partial charge in [0.15, 0.2) is 0 Å². The highest BCUT2D eigenvalue weighted by molar-refractivity contribution is 9.09. The lowest BCUT2D eigenvalue weighted by atomic mass is 10.2. The topological polar surface area (TPSA) is 61.2 Å². The monoisotopic (exact) mass is 352 g/mol. The first-order chi connectivity index (χ1) is 10.1. The molecule has 0 aliphatic rings. The SMILES string of the molecule is CCn1cc(C(=O)OCCCBr)c(=O)c2ccc(C)nc21. The van der Waals surface area contributed by atoms with Gasteiger partial charge in [-0.3, -0.25) is 4.79 Å². The summed E-state index contributed by atoms with van der Waals surface area (Å²) in [6, 6.07) is 3.48. The molecular formula is C15H17BrN2O3. The molecule has 2 aromatic rings. The van der Waals surface area contributed by atoms with Gasteiger partial charge in [0.05, 0.1) is 12.0 Å². The smallest absolute Gasteiger partial charge is 0.343 e. The Kier molecular flexibility index (Phi) is 5.12. The van der Waals surface area contributed by atoms with Gasteiger partial charge >= 0.3 is 5.97 Å².